The Morgan fingerprint density at radius 3 is 2.69 bits per heavy atom. The van der Waals surface area contributed by atoms with Crippen molar-refractivity contribution in [2.45, 2.75) is 18.9 Å². The van der Waals surface area contributed by atoms with Crippen molar-refractivity contribution in [3.05, 3.63) is 78.8 Å². The molecule has 1 saturated heterocycles. The second-order valence-corrected chi connectivity index (χ2v) is 9.01. The molecule has 0 unspecified atom stereocenters. The third-order valence-electron chi connectivity index (χ3n) is 6.08. The number of likely N-dealkylation sites (tertiary alicyclic amines) is 1. The second-order valence-electron chi connectivity index (χ2n) is 9.01. The Bertz CT molecular complexity index is 1460. The average Bonchev–Trinajstić information content (AvgIpc) is 3.43. The fraction of sp³-hybridized carbons (Fsp3) is 0.231. The number of nitrogens with one attached hydrogen (secondary N) is 3. The molecule has 5 rings (SSSR count). The minimum absolute atomic E-state index is 0.0521. The van der Waals surface area contributed by atoms with Crippen LogP contribution in [0.5, 0.6) is 11.5 Å². The molecule has 0 bridgehead atoms. The first kappa shape index (κ1) is 25.7. The fourth-order valence-electron chi connectivity index (χ4n) is 4.00. The van der Waals surface area contributed by atoms with Crippen LogP contribution in [0.4, 0.5) is 20.7 Å². The van der Waals surface area contributed by atoms with Crippen LogP contribution in [-0.2, 0) is 0 Å². The SMILES string of the molecule is CN1CCC(NC(=O)Nc2cc(Oc3ccc(NC(=O)c4cn(-c5cccnc5)nn4)cc3F)ccn2)CC1. The van der Waals surface area contributed by atoms with Crippen molar-refractivity contribution in [1.29, 1.82) is 0 Å². The van der Waals surface area contributed by atoms with Gasteiger partial charge in [0, 0.05) is 36.3 Å². The van der Waals surface area contributed by atoms with E-state index in [1.807, 2.05) is 0 Å². The molecule has 3 N–H and O–H groups in total. The molecular weight excluding hydrogens is 505 g/mol. The van der Waals surface area contributed by atoms with E-state index in [0.717, 1.165) is 32.0 Å². The van der Waals surface area contributed by atoms with Crippen LogP contribution in [-0.4, -0.2) is 68.0 Å². The predicted molar refractivity (Wildman–Crippen MR) is 140 cm³/mol. The zero-order chi connectivity index (χ0) is 27.2. The Balaban J connectivity index is 1.18. The van der Waals surface area contributed by atoms with E-state index in [-0.39, 0.29) is 40.8 Å². The summed E-state index contributed by atoms with van der Waals surface area (Å²) in [6, 6.07) is 10.3. The van der Waals surface area contributed by atoms with Crippen molar-refractivity contribution in [2.24, 2.45) is 0 Å². The molecule has 1 aliphatic heterocycles. The van der Waals surface area contributed by atoms with Crippen molar-refractivity contribution in [3.8, 4) is 17.2 Å². The molecule has 4 aromatic rings. The number of halogens is 1. The molecule has 1 aromatic carbocycles. The first-order valence-corrected chi connectivity index (χ1v) is 12.3. The number of aromatic nitrogens is 5. The summed E-state index contributed by atoms with van der Waals surface area (Å²) in [5, 5.41) is 16.0. The van der Waals surface area contributed by atoms with Gasteiger partial charge in [0.2, 0.25) is 0 Å². The van der Waals surface area contributed by atoms with Crippen LogP contribution in [0.1, 0.15) is 23.3 Å². The third-order valence-corrected chi connectivity index (χ3v) is 6.08. The van der Waals surface area contributed by atoms with Gasteiger partial charge in [0.25, 0.3) is 5.91 Å². The highest BCUT2D eigenvalue weighted by Crippen LogP contribution is 2.28. The standard InChI is InChI=1S/C26H26FN9O3/c1-35-11-7-17(8-12-35)31-26(38)32-24-14-20(6-10-29-24)39-23-5-4-18(13-21(23)27)30-25(37)22-16-36(34-33-22)19-3-2-9-28-15-19/h2-6,9-10,13-17H,7-8,11-12H2,1H3,(H,30,37)(H2,29,31,32,38). The summed E-state index contributed by atoms with van der Waals surface area (Å²) in [6.45, 7) is 1.85. The molecule has 200 valence electrons. The summed E-state index contributed by atoms with van der Waals surface area (Å²) in [6.07, 6.45) is 7.85. The number of carbonyl (C=O) groups is 2. The highest BCUT2D eigenvalue weighted by atomic mass is 19.1. The molecule has 12 nitrogen and oxygen atoms in total. The van der Waals surface area contributed by atoms with Crippen molar-refractivity contribution in [3.63, 3.8) is 0 Å². The number of hydrogen-bond acceptors (Lipinski definition) is 8. The number of pyridine rings is 2. The molecule has 4 heterocycles. The number of rotatable bonds is 7. The van der Waals surface area contributed by atoms with Crippen LogP contribution in [0, 0.1) is 5.82 Å². The van der Waals surface area contributed by atoms with Crippen LogP contribution in [0.15, 0.2) is 67.3 Å². The summed E-state index contributed by atoms with van der Waals surface area (Å²) in [5.41, 5.74) is 0.906. The number of benzene rings is 1. The van der Waals surface area contributed by atoms with E-state index >= 15 is 0 Å². The molecule has 39 heavy (non-hydrogen) atoms. The molecule has 0 spiro atoms. The van der Waals surface area contributed by atoms with E-state index in [2.05, 4.69) is 48.2 Å². The lowest BCUT2D eigenvalue weighted by Gasteiger charge is -2.29. The third kappa shape index (κ3) is 6.70. The van der Waals surface area contributed by atoms with Crippen molar-refractivity contribution in [2.75, 3.05) is 30.8 Å². The van der Waals surface area contributed by atoms with E-state index in [4.69, 9.17) is 4.74 Å². The summed E-state index contributed by atoms with van der Waals surface area (Å²) in [5.74, 6) is -0.771. The maximum Gasteiger partial charge on any atom is 0.320 e. The molecule has 0 radical (unpaired) electrons. The lowest BCUT2D eigenvalue weighted by Crippen LogP contribution is -2.44. The van der Waals surface area contributed by atoms with Gasteiger partial charge in [0.1, 0.15) is 11.6 Å². The monoisotopic (exact) mass is 531 g/mol. The Morgan fingerprint density at radius 1 is 1.08 bits per heavy atom. The molecule has 3 amide bonds. The van der Waals surface area contributed by atoms with Gasteiger partial charge in [-0.3, -0.25) is 15.1 Å². The number of piperidine rings is 1. The summed E-state index contributed by atoms with van der Waals surface area (Å²) >= 11 is 0. The first-order chi connectivity index (χ1) is 18.9. The Hall–Kier alpha value is -4.91. The minimum atomic E-state index is -0.696. The van der Waals surface area contributed by atoms with Gasteiger partial charge in [-0.15, -0.1) is 5.10 Å². The van der Waals surface area contributed by atoms with E-state index in [9.17, 15) is 14.0 Å². The number of ether oxygens (including phenoxy) is 1. The Labute approximate surface area is 223 Å². The molecule has 0 saturated carbocycles. The smallest absolute Gasteiger partial charge is 0.320 e. The highest BCUT2D eigenvalue weighted by molar-refractivity contribution is 6.02. The molecule has 3 aromatic heterocycles. The van der Waals surface area contributed by atoms with Crippen LogP contribution in [0.3, 0.4) is 0 Å². The van der Waals surface area contributed by atoms with Gasteiger partial charge < -0.3 is 20.3 Å². The molecule has 0 atom stereocenters. The number of anilines is 2. The van der Waals surface area contributed by atoms with Crippen LogP contribution < -0.4 is 20.7 Å². The molecule has 1 aliphatic rings. The number of nitrogens with zero attached hydrogens (tertiary/aromatic N) is 6. The topological polar surface area (TPSA) is 139 Å². The average molecular weight is 532 g/mol. The summed E-state index contributed by atoms with van der Waals surface area (Å²) in [7, 11) is 2.05. The second kappa shape index (κ2) is 11.6. The summed E-state index contributed by atoms with van der Waals surface area (Å²) < 4.78 is 21.9. The van der Waals surface area contributed by atoms with Crippen molar-refractivity contribution < 1.29 is 18.7 Å². The zero-order valence-corrected chi connectivity index (χ0v) is 21.0. The van der Waals surface area contributed by atoms with E-state index in [1.165, 1.54) is 35.3 Å². The Kier molecular flexibility index (Phi) is 7.68. The zero-order valence-electron chi connectivity index (χ0n) is 21.0. The van der Waals surface area contributed by atoms with Crippen LogP contribution >= 0.6 is 0 Å². The van der Waals surface area contributed by atoms with Gasteiger partial charge >= 0.3 is 6.03 Å². The van der Waals surface area contributed by atoms with Crippen molar-refractivity contribution in [1.82, 2.24) is 35.2 Å². The van der Waals surface area contributed by atoms with Gasteiger partial charge in [-0.1, -0.05) is 5.21 Å². The molecule has 0 aliphatic carbocycles. The minimum Gasteiger partial charge on any atom is -0.454 e. The van der Waals surface area contributed by atoms with Gasteiger partial charge in [0.15, 0.2) is 17.3 Å². The molecular formula is C26H26FN9O3. The maximum atomic E-state index is 14.8. The molecule has 13 heteroatoms. The van der Waals surface area contributed by atoms with E-state index < -0.39 is 11.7 Å². The van der Waals surface area contributed by atoms with Gasteiger partial charge in [-0.05, 0) is 63.3 Å². The lowest BCUT2D eigenvalue weighted by atomic mass is 10.1. The number of amides is 3. The maximum absolute atomic E-state index is 14.8. The van der Waals surface area contributed by atoms with Gasteiger partial charge in [0.05, 0.1) is 18.1 Å². The Morgan fingerprint density at radius 2 is 1.92 bits per heavy atom. The highest BCUT2D eigenvalue weighted by Gasteiger charge is 2.19. The van der Waals surface area contributed by atoms with Crippen LogP contribution in [0.25, 0.3) is 5.69 Å². The summed E-state index contributed by atoms with van der Waals surface area (Å²) in [4.78, 5) is 35.3. The van der Waals surface area contributed by atoms with E-state index in [1.54, 1.807) is 30.6 Å². The number of hydrogen-bond donors (Lipinski definition) is 3. The van der Waals surface area contributed by atoms with Gasteiger partial charge in [-0.2, -0.15) is 0 Å². The largest absolute Gasteiger partial charge is 0.454 e. The first-order valence-electron chi connectivity index (χ1n) is 12.3. The lowest BCUT2D eigenvalue weighted by molar-refractivity contribution is 0.102. The van der Waals surface area contributed by atoms with Crippen molar-refractivity contribution >= 4 is 23.4 Å². The normalized spacial score (nSPS) is 14.0. The predicted octanol–water partition coefficient (Wildman–Crippen LogP) is 3.46. The fourth-order valence-corrected chi connectivity index (χ4v) is 4.00. The quantitative estimate of drug-likeness (QED) is 0.330. The number of carbonyl (C=O) groups excluding carboxylic acids is 2. The van der Waals surface area contributed by atoms with E-state index in [0.29, 0.717) is 5.69 Å². The van der Waals surface area contributed by atoms with Crippen LogP contribution in [0.2, 0.25) is 0 Å². The number of urea groups is 1. The molecule has 1 fully saturated rings. The van der Waals surface area contributed by atoms with Gasteiger partial charge in [-0.25, -0.2) is 18.9 Å².